The van der Waals surface area contributed by atoms with Crippen LogP contribution in [0.2, 0.25) is 0 Å². The number of halogens is 2. The molecule has 10 nitrogen and oxygen atoms in total. The molecule has 5 rings (SSSR count). The standard InChI is InChI=1S/C37H53F2N7O3/c1-25(2)42-32(14-8-11-17-44-15-9-5-10-16-44)36(48)46-19-18-45(37-43-26(3)34(49-37)28-12-6-4-7-13-28)24-33(46)35(47)41-23-27-20-30(38)29(22-40)31(39)21-27/h4,6-7,12-13,20-21,25-26,32-34,42H,5,8-11,14-19,22-24,40H2,1-3H3,(H,41,47)/t26-,32+,33-,34?/m0/s1. The molecule has 12 heteroatoms. The summed E-state index contributed by atoms with van der Waals surface area (Å²) in [6.45, 7) is 9.89. The van der Waals surface area contributed by atoms with Crippen molar-refractivity contribution in [1.82, 2.24) is 25.3 Å². The van der Waals surface area contributed by atoms with Gasteiger partial charge in [-0.3, -0.25) is 9.59 Å². The number of aliphatic imine (C=N–C) groups is 1. The van der Waals surface area contributed by atoms with Crippen molar-refractivity contribution in [3.63, 3.8) is 0 Å². The minimum absolute atomic E-state index is 0.0727. The summed E-state index contributed by atoms with van der Waals surface area (Å²) < 4.78 is 35.3. The maximum atomic E-state index is 14.5. The third-order valence-corrected chi connectivity index (χ3v) is 9.72. The van der Waals surface area contributed by atoms with Gasteiger partial charge in [-0.1, -0.05) is 57.0 Å². The van der Waals surface area contributed by atoms with Gasteiger partial charge in [0.25, 0.3) is 6.02 Å². The zero-order valence-electron chi connectivity index (χ0n) is 29.2. The highest BCUT2D eigenvalue weighted by Crippen LogP contribution is 2.30. The second kappa shape index (κ2) is 17.4. The minimum atomic E-state index is -0.874. The molecule has 3 aliphatic rings. The Kier molecular flexibility index (Phi) is 13.0. The van der Waals surface area contributed by atoms with Crippen LogP contribution in [0.3, 0.4) is 0 Å². The first-order chi connectivity index (χ1) is 23.6. The minimum Gasteiger partial charge on any atom is -0.455 e. The van der Waals surface area contributed by atoms with Crippen LogP contribution in [0.1, 0.15) is 82.1 Å². The molecular formula is C37H53F2N7O3. The number of hydrogen-bond acceptors (Lipinski definition) is 8. The van der Waals surface area contributed by atoms with Gasteiger partial charge in [0.1, 0.15) is 23.8 Å². The Morgan fingerprint density at radius 3 is 2.41 bits per heavy atom. The van der Waals surface area contributed by atoms with Crippen LogP contribution in [0.4, 0.5) is 8.78 Å². The lowest BCUT2D eigenvalue weighted by atomic mass is 10.0. The van der Waals surface area contributed by atoms with E-state index in [1.165, 1.54) is 31.4 Å². The highest BCUT2D eigenvalue weighted by molar-refractivity contribution is 5.91. The van der Waals surface area contributed by atoms with Crippen LogP contribution < -0.4 is 16.4 Å². The first kappa shape index (κ1) is 36.7. The number of carbonyl (C=O) groups excluding carboxylic acids is 2. The molecule has 3 heterocycles. The predicted octanol–water partition coefficient (Wildman–Crippen LogP) is 4.09. The highest BCUT2D eigenvalue weighted by Gasteiger charge is 2.41. The number of nitrogens with one attached hydrogen (secondary N) is 2. The van der Waals surface area contributed by atoms with Crippen LogP contribution in [0, 0.1) is 11.6 Å². The maximum Gasteiger partial charge on any atom is 0.288 e. The molecule has 4 N–H and O–H groups in total. The summed E-state index contributed by atoms with van der Waals surface area (Å²) in [5.41, 5.74) is 6.57. The molecule has 4 atom stereocenters. The normalized spacial score (nSPS) is 22.2. The molecule has 2 saturated heterocycles. The molecule has 0 bridgehead atoms. The lowest BCUT2D eigenvalue weighted by Crippen LogP contribution is -2.64. The van der Waals surface area contributed by atoms with E-state index in [0.29, 0.717) is 25.5 Å². The van der Waals surface area contributed by atoms with Gasteiger partial charge in [-0.05, 0) is 75.5 Å². The topological polar surface area (TPSA) is 116 Å². The van der Waals surface area contributed by atoms with Crippen molar-refractivity contribution in [2.45, 2.75) is 103 Å². The maximum absolute atomic E-state index is 14.5. The molecule has 0 radical (unpaired) electrons. The predicted molar refractivity (Wildman–Crippen MR) is 187 cm³/mol. The van der Waals surface area contributed by atoms with Crippen LogP contribution in [0.5, 0.6) is 0 Å². The van der Waals surface area contributed by atoms with Gasteiger partial charge in [-0.2, -0.15) is 0 Å². The van der Waals surface area contributed by atoms with Crippen molar-refractivity contribution in [2.24, 2.45) is 10.7 Å². The van der Waals surface area contributed by atoms with E-state index in [4.69, 9.17) is 15.5 Å². The number of piperidine rings is 1. The Balaban J connectivity index is 1.30. The third kappa shape index (κ3) is 9.55. The van der Waals surface area contributed by atoms with Crippen LogP contribution in [-0.2, 0) is 27.4 Å². The van der Waals surface area contributed by atoms with Crippen molar-refractivity contribution in [3.05, 3.63) is 70.8 Å². The Bertz CT molecular complexity index is 1410. The molecule has 2 aromatic rings. The van der Waals surface area contributed by atoms with Gasteiger partial charge < -0.3 is 35.8 Å². The number of unbranched alkanes of at least 4 members (excludes halogenated alkanes) is 1. The number of rotatable bonds is 13. The largest absolute Gasteiger partial charge is 0.455 e. The van der Waals surface area contributed by atoms with E-state index in [-0.39, 0.29) is 54.9 Å². The molecule has 3 aliphatic heterocycles. The Morgan fingerprint density at radius 2 is 1.73 bits per heavy atom. The van der Waals surface area contributed by atoms with Crippen molar-refractivity contribution in [1.29, 1.82) is 0 Å². The fourth-order valence-corrected chi connectivity index (χ4v) is 7.08. The molecule has 268 valence electrons. The second-order valence-electron chi connectivity index (χ2n) is 13.8. The van der Waals surface area contributed by atoms with Crippen molar-refractivity contribution < 1.29 is 23.1 Å². The Labute approximate surface area is 289 Å². The smallest absolute Gasteiger partial charge is 0.288 e. The third-order valence-electron chi connectivity index (χ3n) is 9.72. The molecule has 2 fully saturated rings. The van der Waals surface area contributed by atoms with Gasteiger partial charge in [-0.25, -0.2) is 13.8 Å². The number of nitrogens with two attached hydrogens (primary N) is 1. The van der Waals surface area contributed by atoms with Crippen LogP contribution in [0.25, 0.3) is 0 Å². The van der Waals surface area contributed by atoms with E-state index in [9.17, 15) is 18.4 Å². The summed E-state index contributed by atoms with van der Waals surface area (Å²) in [6.07, 6.45) is 6.10. The lowest BCUT2D eigenvalue weighted by Gasteiger charge is -2.42. The highest BCUT2D eigenvalue weighted by atomic mass is 19.1. The molecule has 2 amide bonds. The van der Waals surface area contributed by atoms with Crippen molar-refractivity contribution in [2.75, 3.05) is 39.3 Å². The van der Waals surface area contributed by atoms with E-state index < -0.39 is 29.6 Å². The molecule has 49 heavy (non-hydrogen) atoms. The van der Waals surface area contributed by atoms with Gasteiger partial charge in [0, 0.05) is 37.8 Å². The quantitative estimate of drug-likeness (QED) is 0.273. The fourth-order valence-electron chi connectivity index (χ4n) is 7.08. The van der Waals surface area contributed by atoms with Gasteiger partial charge in [0.2, 0.25) is 11.8 Å². The van der Waals surface area contributed by atoms with Crippen LogP contribution in [0.15, 0.2) is 47.5 Å². The van der Waals surface area contributed by atoms with Crippen LogP contribution >= 0.6 is 0 Å². The molecule has 0 spiro atoms. The van der Waals surface area contributed by atoms with Gasteiger partial charge in [0.15, 0.2) is 0 Å². The molecular weight excluding hydrogens is 628 g/mol. The number of piperazine rings is 1. The summed E-state index contributed by atoms with van der Waals surface area (Å²) in [6, 6.07) is 11.3. The van der Waals surface area contributed by atoms with Gasteiger partial charge >= 0.3 is 0 Å². The number of benzene rings is 2. The zero-order valence-corrected chi connectivity index (χ0v) is 29.2. The zero-order chi connectivity index (χ0) is 34.9. The average molecular weight is 682 g/mol. The number of nitrogens with zero attached hydrogens (tertiary/aromatic N) is 4. The van der Waals surface area contributed by atoms with E-state index >= 15 is 0 Å². The summed E-state index contributed by atoms with van der Waals surface area (Å²) >= 11 is 0. The Morgan fingerprint density at radius 1 is 1.02 bits per heavy atom. The molecule has 2 aromatic carbocycles. The van der Waals surface area contributed by atoms with E-state index in [1.54, 1.807) is 4.90 Å². The monoisotopic (exact) mass is 681 g/mol. The average Bonchev–Trinajstić information content (AvgIpc) is 3.50. The first-order valence-electron chi connectivity index (χ1n) is 17.9. The van der Waals surface area contributed by atoms with Crippen LogP contribution in [-0.4, -0.2) is 96.0 Å². The number of carbonyl (C=O) groups is 2. The summed E-state index contributed by atoms with van der Waals surface area (Å²) in [4.78, 5) is 39.1. The SMILES string of the molecule is CC(C)N[C@H](CCCCN1CCCCC1)C(=O)N1CCN(C2=N[C@@H](C)C(c3ccccc3)O2)C[C@H]1C(=O)NCc1cc(F)c(CN)c(F)c1. The van der Waals surface area contributed by atoms with E-state index in [2.05, 4.69) is 15.5 Å². The molecule has 0 aromatic heterocycles. The number of likely N-dealkylation sites (tertiary alicyclic amines) is 1. The lowest BCUT2D eigenvalue weighted by molar-refractivity contribution is -0.145. The van der Waals surface area contributed by atoms with E-state index in [1.807, 2.05) is 56.0 Å². The summed E-state index contributed by atoms with van der Waals surface area (Å²) in [7, 11) is 0. The molecule has 0 saturated carbocycles. The summed E-state index contributed by atoms with van der Waals surface area (Å²) in [5.74, 6) is -2.05. The van der Waals surface area contributed by atoms with Gasteiger partial charge in [-0.15, -0.1) is 0 Å². The van der Waals surface area contributed by atoms with E-state index in [0.717, 1.165) is 38.0 Å². The number of ether oxygens (including phenoxy) is 1. The number of hydrogen-bond donors (Lipinski definition) is 3. The molecule has 1 unspecified atom stereocenters. The first-order valence-corrected chi connectivity index (χ1v) is 17.9. The number of amidine groups is 1. The Hall–Kier alpha value is -3.61. The van der Waals surface area contributed by atoms with Gasteiger partial charge in [0.05, 0.1) is 18.6 Å². The van der Waals surface area contributed by atoms with Crippen molar-refractivity contribution in [3.8, 4) is 0 Å². The summed E-state index contributed by atoms with van der Waals surface area (Å²) in [5, 5.41) is 6.30. The molecule has 0 aliphatic carbocycles. The second-order valence-corrected chi connectivity index (χ2v) is 13.8. The number of amides is 2. The fraction of sp³-hybridized carbons (Fsp3) is 0.595. The van der Waals surface area contributed by atoms with Crippen molar-refractivity contribution >= 4 is 17.8 Å².